The molecule has 2 aromatic rings. The molecule has 0 aliphatic carbocycles. The molecule has 0 bridgehead atoms. The Kier molecular flexibility index (Phi) is 4.94. The Morgan fingerprint density at radius 1 is 1.14 bits per heavy atom. The minimum absolute atomic E-state index is 0.0782. The van der Waals surface area contributed by atoms with Crippen molar-refractivity contribution < 1.29 is 9.18 Å². The lowest BCUT2D eigenvalue weighted by Gasteiger charge is -2.36. The molecule has 2 atom stereocenters. The summed E-state index contributed by atoms with van der Waals surface area (Å²) in [5.41, 5.74) is -0.215. The van der Waals surface area contributed by atoms with Crippen LogP contribution in [0.5, 0.6) is 0 Å². The van der Waals surface area contributed by atoms with Gasteiger partial charge >= 0.3 is 0 Å². The van der Waals surface area contributed by atoms with Gasteiger partial charge in [0.05, 0.1) is 17.3 Å². The molecule has 6 nitrogen and oxygen atoms in total. The third kappa shape index (κ3) is 3.34. The fourth-order valence-electron chi connectivity index (χ4n) is 4.43. The van der Waals surface area contributed by atoms with E-state index in [1.165, 1.54) is 17.2 Å². The molecule has 1 saturated heterocycles. The lowest BCUT2D eigenvalue weighted by molar-refractivity contribution is -0.121. The summed E-state index contributed by atoms with van der Waals surface area (Å²) in [7, 11) is 0. The van der Waals surface area contributed by atoms with Gasteiger partial charge < -0.3 is 4.90 Å². The van der Waals surface area contributed by atoms with Gasteiger partial charge in [-0.2, -0.15) is 4.98 Å². The molecule has 0 radical (unpaired) electrons. The number of aromatic nitrogens is 3. The number of pyridine rings is 1. The van der Waals surface area contributed by atoms with Gasteiger partial charge in [0.1, 0.15) is 5.15 Å². The summed E-state index contributed by atoms with van der Waals surface area (Å²) >= 11 is 12.2. The maximum Gasteiger partial charge on any atom is 0.243 e. The molecule has 2 aliphatic heterocycles. The second-order valence-electron chi connectivity index (χ2n) is 8.60. The van der Waals surface area contributed by atoms with Crippen LogP contribution in [0.15, 0.2) is 12.3 Å². The molecule has 154 valence electrons. The minimum Gasteiger partial charge on any atom is -0.354 e. The number of amides is 1. The van der Waals surface area contributed by atoms with Gasteiger partial charge in [-0.1, -0.05) is 25.4 Å². The van der Waals surface area contributed by atoms with Crippen molar-refractivity contribution in [2.45, 2.75) is 39.5 Å². The van der Waals surface area contributed by atoms with E-state index in [4.69, 9.17) is 23.2 Å². The van der Waals surface area contributed by atoms with E-state index in [0.29, 0.717) is 23.2 Å². The zero-order valence-electron chi connectivity index (χ0n) is 16.7. The summed E-state index contributed by atoms with van der Waals surface area (Å²) in [6.45, 7) is 9.28. The number of fused-ring (bicyclic) bond motifs is 1. The summed E-state index contributed by atoms with van der Waals surface area (Å²) < 4.78 is 15.1. The van der Waals surface area contributed by atoms with Crippen molar-refractivity contribution in [3.63, 3.8) is 0 Å². The van der Waals surface area contributed by atoms with Gasteiger partial charge in [-0.25, -0.2) is 14.4 Å². The predicted octanol–water partition coefficient (Wildman–Crippen LogP) is 4.76. The van der Waals surface area contributed by atoms with E-state index in [2.05, 4.69) is 28.8 Å². The third-order valence-electron chi connectivity index (χ3n) is 5.63. The van der Waals surface area contributed by atoms with E-state index in [1.54, 1.807) is 13.8 Å². The maximum absolute atomic E-state index is 15.1. The molecule has 29 heavy (non-hydrogen) atoms. The number of carbonyl (C=O) groups is 1. The normalized spacial score (nSPS) is 23.5. The van der Waals surface area contributed by atoms with Crippen molar-refractivity contribution in [1.82, 2.24) is 15.0 Å². The quantitative estimate of drug-likeness (QED) is 0.500. The number of hydrogen-bond donors (Lipinski definition) is 0. The van der Waals surface area contributed by atoms with Crippen LogP contribution in [0.3, 0.4) is 0 Å². The molecule has 1 amide bonds. The number of hydrogen-bond acceptors (Lipinski definition) is 5. The van der Waals surface area contributed by atoms with E-state index < -0.39 is 11.2 Å². The van der Waals surface area contributed by atoms with Crippen LogP contribution >= 0.6 is 23.2 Å². The van der Waals surface area contributed by atoms with Crippen LogP contribution in [0, 0.1) is 17.7 Å². The smallest absolute Gasteiger partial charge is 0.243 e. The lowest BCUT2D eigenvalue weighted by atomic mass is 9.88. The molecule has 0 spiro atoms. The van der Waals surface area contributed by atoms with E-state index in [0.717, 1.165) is 19.5 Å². The van der Waals surface area contributed by atoms with E-state index in [9.17, 15) is 4.79 Å². The number of carbonyl (C=O) groups excluding carboxylic acids is 1. The van der Waals surface area contributed by atoms with Gasteiger partial charge in [-0.05, 0) is 43.7 Å². The van der Waals surface area contributed by atoms with Crippen molar-refractivity contribution in [3.05, 3.63) is 34.1 Å². The second kappa shape index (κ2) is 7.06. The SMILES string of the molecule is C[C@@H]1C[C@H](C)CN(c2ncc(N3C(=O)C(C)(C)c4c(Cl)nc(Cl)nc43)cc2F)C1. The minimum atomic E-state index is -0.968. The van der Waals surface area contributed by atoms with Crippen LogP contribution in [0.4, 0.5) is 21.7 Å². The van der Waals surface area contributed by atoms with Gasteiger partial charge in [0.2, 0.25) is 11.2 Å². The second-order valence-corrected chi connectivity index (χ2v) is 9.29. The average Bonchev–Trinajstić information content (AvgIpc) is 2.79. The van der Waals surface area contributed by atoms with Gasteiger partial charge in [0.15, 0.2) is 17.5 Å². The number of halogens is 3. The Bertz CT molecular complexity index is 989. The molecule has 4 heterocycles. The molecule has 2 aliphatic rings. The predicted molar refractivity (Wildman–Crippen MR) is 112 cm³/mol. The highest BCUT2D eigenvalue weighted by molar-refractivity contribution is 6.34. The first-order valence-corrected chi connectivity index (χ1v) is 10.3. The Morgan fingerprint density at radius 3 is 2.41 bits per heavy atom. The summed E-state index contributed by atoms with van der Waals surface area (Å²) in [5.74, 6) is 0.729. The first-order valence-electron chi connectivity index (χ1n) is 9.58. The van der Waals surface area contributed by atoms with Crippen LogP contribution in [-0.2, 0) is 10.2 Å². The Hall–Kier alpha value is -1.99. The molecule has 4 rings (SSSR count). The number of rotatable bonds is 2. The van der Waals surface area contributed by atoms with Gasteiger partial charge in [-0.3, -0.25) is 9.69 Å². The summed E-state index contributed by atoms with van der Waals surface area (Å²) in [6, 6.07) is 1.32. The fourth-order valence-corrected chi connectivity index (χ4v) is 5.04. The molecule has 0 N–H and O–H groups in total. The van der Waals surface area contributed by atoms with Crippen molar-refractivity contribution in [2.24, 2.45) is 11.8 Å². The summed E-state index contributed by atoms with van der Waals surface area (Å²) in [6.07, 6.45) is 2.61. The van der Waals surface area contributed by atoms with E-state index in [-0.39, 0.29) is 27.8 Å². The van der Waals surface area contributed by atoms with Crippen LogP contribution in [0.25, 0.3) is 0 Å². The fraction of sp³-hybridized carbons (Fsp3) is 0.500. The average molecular weight is 438 g/mol. The van der Waals surface area contributed by atoms with Crippen molar-refractivity contribution in [1.29, 1.82) is 0 Å². The first kappa shape index (κ1) is 20.3. The Morgan fingerprint density at radius 2 is 1.79 bits per heavy atom. The number of piperidine rings is 1. The van der Waals surface area contributed by atoms with Gasteiger partial charge in [-0.15, -0.1) is 0 Å². The van der Waals surface area contributed by atoms with E-state index >= 15 is 4.39 Å². The third-order valence-corrected chi connectivity index (χ3v) is 6.07. The topological polar surface area (TPSA) is 62.2 Å². The number of anilines is 3. The monoisotopic (exact) mass is 437 g/mol. The number of nitrogens with zero attached hydrogens (tertiary/aromatic N) is 5. The summed E-state index contributed by atoms with van der Waals surface area (Å²) in [4.78, 5) is 28.9. The van der Waals surface area contributed by atoms with Crippen LogP contribution in [0.1, 0.15) is 39.7 Å². The van der Waals surface area contributed by atoms with Gasteiger partial charge in [0, 0.05) is 24.7 Å². The van der Waals surface area contributed by atoms with Crippen molar-refractivity contribution in [3.8, 4) is 0 Å². The molecule has 0 unspecified atom stereocenters. The van der Waals surface area contributed by atoms with Crippen LogP contribution in [-0.4, -0.2) is 33.9 Å². The molecular formula is C20H22Cl2FN5O. The van der Waals surface area contributed by atoms with Crippen LogP contribution < -0.4 is 9.80 Å². The largest absolute Gasteiger partial charge is 0.354 e. The highest BCUT2D eigenvalue weighted by Gasteiger charge is 2.48. The van der Waals surface area contributed by atoms with Crippen LogP contribution in [0.2, 0.25) is 10.4 Å². The summed E-state index contributed by atoms with van der Waals surface area (Å²) in [5, 5.41) is 0.0350. The Balaban J connectivity index is 1.75. The Labute approximate surface area is 179 Å². The molecule has 0 aromatic carbocycles. The highest BCUT2D eigenvalue weighted by Crippen LogP contribution is 2.47. The van der Waals surface area contributed by atoms with Crippen molar-refractivity contribution >= 4 is 46.4 Å². The maximum atomic E-state index is 15.1. The standard InChI is InChI=1S/C20H22Cl2FN5O/c1-10-5-11(2)9-27(8-10)16-13(23)6-12(7-24-16)28-17-14(20(3,4)18(28)29)15(21)25-19(22)26-17/h6-7,10-11H,5,8-9H2,1-4H3/t10-,11+. The van der Waals surface area contributed by atoms with E-state index in [1.807, 2.05) is 4.90 Å². The first-order chi connectivity index (χ1) is 13.6. The van der Waals surface area contributed by atoms with Gasteiger partial charge in [0.25, 0.3) is 0 Å². The molecule has 2 aromatic heterocycles. The molecule has 9 heteroatoms. The molecule has 1 fully saturated rings. The zero-order chi connectivity index (χ0) is 21.1. The molecule has 0 saturated carbocycles. The lowest BCUT2D eigenvalue weighted by Crippen LogP contribution is -2.39. The zero-order valence-corrected chi connectivity index (χ0v) is 18.2. The highest BCUT2D eigenvalue weighted by atomic mass is 35.5. The van der Waals surface area contributed by atoms with Crippen molar-refractivity contribution in [2.75, 3.05) is 22.9 Å². The molecular weight excluding hydrogens is 416 g/mol.